The van der Waals surface area contributed by atoms with Gasteiger partial charge in [0.1, 0.15) is 6.66 Å². The van der Waals surface area contributed by atoms with E-state index in [4.69, 9.17) is 0 Å². The van der Waals surface area contributed by atoms with Gasteiger partial charge in [0.15, 0.2) is 0 Å². The molecule has 2 nitrogen and oxygen atoms in total. The van der Waals surface area contributed by atoms with Crippen molar-refractivity contribution in [2.75, 3.05) is 13.2 Å². The van der Waals surface area contributed by atoms with Crippen molar-refractivity contribution in [2.45, 2.75) is 38.9 Å². The molecule has 0 aliphatic rings. The SMILES string of the molecule is CCCCNC(C)(C)[P+](C)=O. The molecular formula is C8H19NOP+. The molecule has 1 N–H and O–H groups in total. The summed E-state index contributed by atoms with van der Waals surface area (Å²) in [5, 5.41) is 3.09. The molecule has 0 aromatic heterocycles. The van der Waals surface area contributed by atoms with Crippen molar-refractivity contribution in [3.8, 4) is 0 Å². The van der Waals surface area contributed by atoms with Crippen LogP contribution in [0.5, 0.6) is 0 Å². The highest BCUT2D eigenvalue weighted by Gasteiger charge is 2.33. The third-order valence-electron chi connectivity index (χ3n) is 1.88. The van der Waals surface area contributed by atoms with E-state index in [1.165, 1.54) is 6.42 Å². The summed E-state index contributed by atoms with van der Waals surface area (Å²) in [6.07, 6.45) is 2.34. The van der Waals surface area contributed by atoms with Gasteiger partial charge in [0.05, 0.1) is 0 Å². The number of unbranched alkanes of at least 4 members (excludes halogenated alkanes) is 1. The normalized spacial score (nSPS) is 13.3. The largest absolute Gasteiger partial charge is 0.356 e. The third kappa shape index (κ3) is 4.49. The molecule has 1 unspecified atom stereocenters. The fraction of sp³-hybridized carbons (Fsp3) is 1.00. The number of hydrogen-bond acceptors (Lipinski definition) is 2. The van der Waals surface area contributed by atoms with Gasteiger partial charge in [0.25, 0.3) is 0 Å². The molecule has 3 heteroatoms. The van der Waals surface area contributed by atoms with Gasteiger partial charge in [0.2, 0.25) is 5.28 Å². The maximum absolute atomic E-state index is 11.1. The molecule has 11 heavy (non-hydrogen) atoms. The molecule has 0 amide bonds. The quantitative estimate of drug-likeness (QED) is 0.515. The average molecular weight is 176 g/mol. The minimum Gasteiger partial charge on any atom is -0.272 e. The number of rotatable bonds is 5. The van der Waals surface area contributed by atoms with E-state index in [-0.39, 0.29) is 5.28 Å². The standard InChI is InChI=1S/C8H19NOP/c1-5-6-7-9-8(2,3)11(4)10/h9H,5-7H2,1-4H3/q+1. The van der Waals surface area contributed by atoms with Crippen molar-refractivity contribution >= 4 is 7.80 Å². The van der Waals surface area contributed by atoms with Gasteiger partial charge >= 0.3 is 7.80 Å². The monoisotopic (exact) mass is 176 g/mol. The Kier molecular flexibility index (Phi) is 4.87. The first-order valence-electron chi connectivity index (χ1n) is 4.16. The molecule has 0 spiro atoms. The lowest BCUT2D eigenvalue weighted by atomic mass is 10.3. The van der Waals surface area contributed by atoms with E-state index in [1.54, 1.807) is 6.66 Å². The molecule has 0 bridgehead atoms. The summed E-state index contributed by atoms with van der Waals surface area (Å²) >= 11 is 0. The molecule has 0 rings (SSSR count). The first-order chi connectivity index (χ1) is 5.00. The van der Waals surface area contributed by atoms with Gasteiger partial charge in [-0.3, -0.25) is 5.32 Å². The van der Waals surface area contributed by atoms with E-state index in [9.17, 15) is 4.57 Å². The van der Waals surface area contributed by atoms with Crippen LogP contribution in [-0.4, -0.2) is 18.5 Å². The first kappa shape index (κ1) is 11.1. The molecule has 0 aliphatic carbocycles. The highest BCUT2D eigenvalue weighted by atomic mass is 31.1. The zero-order valence-electron chi connectivity index (χ0n) is 7.98. The molecule has 0 aliphatic heterocycles. The van der Waals surface area contributed by atoms with Crippen LogP contribution in [0.25, 0.3) is 0 Å². The predicted octanol–water partition coefficient (Wildman–Crippen LogP) is 2.57. The van der Waals surface area contributed by atoms with Gasteiger partial charge in [0, 0.05) is 0 Å². The van der Waals surface area contributed by atoms with Crippen molar-refractivity contribution in [1.82, 2.24) is 5.32 Å². The highest BCUT2D eigenvalue weighted by molar-refractivity contribution is 7.45. The molecule has 0 saturated carbocycles. The predicted molar refractivity (Wildman–Crippen MR) is 50.5 cm³/mol. The van der Waals surface area contributed by atoms with Crippen molar-refractivity contribution in [2.24, 2.45) is 0 Å². The van der Waals surface area contributed by atoms with E-state index in [0.29, 0.717) is 0 Å². The maximum Gasteiger partial charge on any atom is 0.356 e. The van der Waals surface area contributed by atoms with E-state index in [2.05, 4.69) is 12.2 Å². The fourth-order valence-electron chi connectivity index (χ4n) is 0.682. The Hall–Kier alpha value is 0.0600. The van der Waals surface area contributed by atoms with Gasteiger partial charge in [-0.15, -0.1) is 0 Å². The summed E-state index contributed by atoms with van der Waals surface area (Å²) in [5.41, 5.74) is 0. The lowest BCUT2D eigenvalue weighted by molar-refractivity contribution is 0.487. The van der Waals surface area contributed by atoms with E-state index in [1.807, 2.05) is 13.8 Å². The van der Waals surface area contributed by atoms with Gasteiger partial charge in [-0.05, 0) is 26.8 Å². The van der Waals surface area contributed by atoms with Crippen molar-refractivity contribution in [1.29, 1.82) is 0 Å². The fourth-order valence-corrected chi connectivity index (χ4v) is 1.02. The van der Waals surface area contributed by atoms with Crippen LogP contribution < -0.4 is 5.32 Å². The van der Waals surface area contributed by atoms with Gasteiger partial charge < -0.3 is 0 Å². The van der Waals surface area contributed by atoms with Crippen LogP contribution in [0, 0.1) is 0 Å². The van der Waals surface area contributed by atoms with Crippen molar-refractivity contribution in [3.63, 3.8) is 0 Å². The van der Waals surface area contributed by atoms with E-state index in [0.717, 1.165) is 13.0 Å². The topological polar surface area (TPSA) is 29.1 Å². The molecule has 0 heterocycles. The molecule has 0 aromatic carbocycles. The average Bonchev–Trinajstić information content (AvgIpc) is 1.88. The Bertz CT molecular complexity index is 134. The van der Waals surface area contributed by atoms with Gasteiger partial charge in [-0.1, -0.05) is 17.9 Å². The lowest BCUT2D eigenvalue weighted by Gasteiger charge is -2.13. The van der Waals surface area contributed by atoms with Crippen LogP contribution in [-0.2, 0) is 4.57 Å². The van der Waals surface area contributed by atoms with Crippen LogP contribution in [0.3, 0.4) is 0 Å². The molecule has 0 radical (unpaired) electrons. The first-order valence-corrected chi connectivity index (χ1v) is 5.87. The summed E-state index contributed by atoms with van der Waals surface area (Å²) in [6, 6.07) is 0. The Morgan fingerprint density at radius 2 is 2.00 bits per heavy atom. The minimum atomic E-state index is -1.12. The summed E-state index contributed by atoms with van der Waals surface area (Å²) in [6.45, 7) is 8.87. The highest BCUT2D eigenvalue weighted by Crippen LogP contribution is 2.31. The van der Waals surface area contributed by atoms with Gasteiger partial charge in [-0.25, -0.2) is 0 Å². The Morgan fingerprint density at radius 3 is 2.36 bits per heavy atom. The van der Waals surface area contributed by atoms with Crippen LogP contribution in [0.4, 0.5) is 0 Å². The molecule has 0 fully saturated rings. The maximum atomic E-state index is 11.1. The van der Waals surface area contributed by atoms with E-state index < -0.39 is 7.80 Å². The molecule has 0 aromatic rings. The second-order valence-corrected chi connectivity index (χ2v) is 5.45. The summed E-state index contributed by atoms with van der Waals surface area (Å²) < 4.78 is 11.1. The smallest absolute Gasteiger partial charge is 0.272 e. The zero-order valence-corrected chi connectivity index (χ0v) is 8.87. The summed E-state index contributed by atoms with van der Waals surface area (Å²) in [5.74, 6) is 0. The lowest BCUT2D eigenvalue weighted by Crippen LogP contribution is -2.36. The zero-order chi connectivity index (χ0) is 8.91. The third-order valence-corrected chi connectivity index (χ3v) is 3.61. The number of nitrogens with one attached hydrogen (secondary N) is 1. The van der Waals surface area contributed by atoms with Crippen LogP contribution in [0.2, 0.25) is 0 Å². The van der Waals surface area contributed by atoms with Crippen LogP contribution in [0.15, 0.2) is 0 Å². The molecular weight excluding hydrogens is 157 g/mol. The Balaban J connectivity index is 3.64. The number of hydrogen-bond donors (Lipinski definition) is 1. The summed E-state index contributed by atoms with van der Waals surface area (Å²) in [7, 11) is -1.12. The molecule has 0 saturated heterocycles. The summed E-state index contributed by atoms with van der Waals surface area (Å²) in [4.78, 5) is 0. The van der Waals surface area contributed by atoms with Gasteiger partial charge in [-0.2, -0.15) is 0 Å². The van der Waals surface area contributed by atoms with Crippen LogP contribution in [0.1, 0.15) is 33.6 Å². The Morgan fingerprint density at radius 1 is 1.45 bits per heavy atom. The second-order valence-electron chi connectivity index (χ2n) is 3.34. The van der Waals surface area contributed by atoms with Crippen LogP contribution >= 0.6 is 7.80 Å². The Labute approximate surface area is 70.5 Å². The van der Waals surface area contributed by atoms with E-state index >= 15 is 0 Å². The molecule has 66 valence electrons. The minimum absolute atomic E-state index is 0.190. The van der Waals surface area contributed by atoms with Crippen molar-refractivity contribution in [3.05, 3.63) is 0 Å². The van der Waals surface area contributed by atoms with Crippen molar-refractivity contribution < 1.29 is 4.57 Å². The second kappa shape index (κ2) is 4.84. The molecule has 1 atom stereocenters.